The second kappa shape index (κ2) is 6.97. The van der Waals surface area contributed by atoms with Crippen molar-refractivity contribution in [2.24, 2.45) is 5.92 Å². The molecule has 1 heterocycles. The Balaban J connectivity index is 1.84. The van der Waals surface area contributed by atoms with Crippen LogP contribution in [0.4, 0.5) is 13.2 Å². The van der Waals surface area contributed by atoms with E-state index in [1.165, 1.54) is 0 Å². The average Bonchev–Trinajstić information content (AvgIpc) is 2.97. The highest BCUT2D eigenvalue weighted by Crippen LogP contribution is 2.32. The maximum atomic E-state index is 13.1. The quantitative estimate of drug-likeness (QED) is 0.396. The Morgan fingerprint density at radius 3 is 2.46 bits per heavy atom. The van der Waals surface area contributed by atoms with Gasteiger partial charge in [-0.2, -0.15) is 13.2 Å². The van der Waals surface area contributed by atoms with Gasteiger partial charge in [0.15, 0.2) is 0 Å². The van der Waals surface area contributed by atoms with Crippen molar-refractivity contribution in [2.75, 3.05) is 0 Å². The minimum Gasteiger partial charge on any atom is -0.327 e. The summed E-state index contributed by atoms with van der Waals surface area (Å²) >= 11 is 0. The summed E-state index contributed by atoms with van der Waals surface area (Å²) in [6, 6.07) is 18.1. The third kappa shape index (κ3) is 3.49. The third-order valence-corrected chi connectivity index (χ3v) is 4.93. The lowest BCUT2D eigenvalue weighted by Crippen LogP contribution is -2.09. The fourth-order valence-corrected chi connectivity index (χ4v) is 3.68. The van der Waals surface area contributed by atoms with Crippen LogP contribution < -0.4 is 0 Å². The number of benzene rings is 3. The van der Waals surface area contributed by atoms with E-state index in [1.54, 1.807) is 6.07 Å². The highest BCUT2D eigenvalue weighted by atomic mass is 19.4. The number of hydrogen-bond donors (Lipinski definition) is 0. The summed E-state index contributed by atoms with van der Waals surface area (Å²) in [5, 5.41) is 2.29. The monoisotopic (exact) mass is 382 g/mol. The Morgan fingerprint density at radius 1 is 0.964 bits per heavy atom. The molecule has 1 aromatic heterocycles. The molecule has 0 unspecified atom stereocenters. The highest BCUT2D eigenvalue weighted by Gasteiger charge is 2.31. The van der Waals surface area contributed by atoms with E-state index >= 15 is 0 Å². The van der Waals surface area contributed by atoms with Crippen LogP contribution in [0.3, 0.4) is 0 Å². The molecule has 0 saturated carbocycles. The van der Waals surface area contributed by atoms with Crippen molar-refractivity contribution in [1.82, 2.24) is 9.55 Å². The van der Waals surface area contributed by atoms with Gasteiger partial charge in [-0.15, -0.1) is 0 Å². The van der Waals surface area contributed by atoms with E-state index in [2.05, 4.69) is 47.7 Å². The molecule has 0 atom stereocenters. The summed E-state index contributed by atoms with van der Waals surface area (Å²) in [5.74, 6) is 1.14. The molecular formula is C23H21F3N2. The topological polar surface area (TPSA) is 17.8 Å². The van der Waals surface area contributed by atoms with E-state index in [-0.39, 0.29) is 0 Å². The molecule has 0 aliphatic carbocycles. The molecule has 2 nitrogen and oxygen atoms in total. The van der Waals surface area contributed by atoms with Crippen molar-refractivity contribution in [3.63, 3.8) is 0 Å². The Labute approximate surface area is 161 Å². The molecule has 5 heteroatoms. The molecule has 0 N–H and O–H groups in total. The number of rotatable bonds is 4. The third-order valence-electron chi connectivity index (χ3n) is 4.93. The van der Waals surface area contributed by atoms with Gasteiger partial charge in [-0.05, 0) is 40.5 Å². The Morgan fingerprint density at radius 2 is 1.71 bits per heavy atom. The molecular weight excluding hydrogens is 361 g/mol. The van der Waals surface area contributed by atoms with Gasteiger partial charge in [-0.25, -0.2) is 4.98 Å². The van der Waals surface area contributed by atoms with E-state index in [0.29, 0.717) is 24.4 Å². The van der Waals surface area contributed by atoms with Gasteiger partial charge >= 0.3 is 6.18 Å². The van der Waals surface area contributed by atoms with Crippen molar-refractivity contribution in [3.05, 3.63) is 77.6 Å². The zero-order chi connectivity index (χ0) is 19.9. The van der Waals surface area contributed by atoms with E-state index in [1.807, 2.05) is 18.2 Å². The van der Waals surface area contributed by atoms with Crippen LogP contribution in [0.5, 0.6) is 0 Å². The molecule has 0 radical (unpaired) electrons. The molecule has 0 bridgehead atoms. The van der Waals surface area contributed by atoms with Crippen LogP contribution in [0, 0.1) is 5.92 Å². The maximum Gasteiger partial charge on any atom is 0.416 e. The van der Waals surface area contributed by atoms with Gasteiger partial charge < -0.3 is 4.57 Å². The van der Waals surface area contributed by atoms with Crippen molar-refractivity contribution >= 4 is 21.8 Å². The summed E-state index contributed by atoms with van der Waals surface area (Å²) in [5.41, 5.74) is 1.60. The summed E-state index contributed by atoms with van der Waals surface area (Å²) in [6.07, 6.45) is -3.80. The van der Waals surface area contributed by atoms with Crippen LogP contribution in [-0.2, 0) is 19.1 Å². The first-order valence-corrected chi connectivity index (χ1v) is 9.36. The van der Waals surface area contributed by atoms with E-state index in [0.717, 1.165) is 39.8 Å². The summed E-state index contributed by atoms with van der Waals surface area (Å²) in [7, 11) is 0. The van der Waals surface area contributed by atoms with E-state index in [9.17, 15) is 13.2 Å². The van der Waals surface area contributed by atoms with Gasteiger partial charge in [0, 0.05) is 13.0 Å². The molecule has 0 saturated heterocycles. The smallest absolute Gasteiger partial charge is 0.327 e. The van der Waals surface area contributed by atoms with E-state index < -0.39 is 11.7 Å². The molecule has 0 aliphatic rings. The number of fused-ring (bicyclic) bond motifs is 2. The summed E-state index contributed by atoms with van der Waals surface area (Å²) in [4.78, 5) is 4.60. The van der Waals surface area contributed by atoms with Gasteiger partial charge in [0.1, 0.15) is 5.82 Å². The first-order valence-electron chi connectivity index (χ1n) is 9.36. The Kier molecular flexibility index (Phi) is 4.61. The molecule has 0 spiro atoms. The van der Waals surface area contributed by atoms with Crippen molar-refractivity contribution in [2.45, 2.75) is 33.0 Å². The van der Waals surface area contributed by atoms with Gasteiger partial charge in [0.2, 0.25) is 0 Å². The van der Waals surface area contributed by atoms with Crippen molar-refractivity contribution in [3.8, 4) is 0 Å². The molecule has 0 aliphatic heterocycles. The van der Waals surface area contributed by atoms with Gasteiger partial charge in [0.25, 0.3) is 0 Å². The lowest BCUT2D eigenvalue weighted by Gasteiger charge is -2.13. The van der Waals surface area contributed by atoms with Crippen LogP contribution in [-0.4, -0.2) is 9.55 Å². The lowest BCUT2D eigenvalue weighted by molar-refractivity contribution is -0.137. The second-order valence-corrected chi connectivity index (χ2v) is 7.55. The summed E-state index contributed by atoms with van der Waals surface area (Å²) < 4.78 is 41.4. The van der Waals surface area contributed by atoms with Crippen LogP contribution in [0.15, 0.2) is 60.7 Å². The molecule has 0 amide bonds. The van der Waals surface area contributed by atoms with Crippen LogP contribution in [0.2, 0.25) is 0 Å². The number of nitrogens with zero attached hydrogens (tertiary/aromatic N) is 2. The normalized spacial score (nSPS) is 12.4. The standard InChI is InChI=1S/C23H21F3N2/c1-15(2)14-28-21-11-10-18(23(24,25)26)13-20(21)27-22(28)12-17-8-5-7-16-6-3-4-9-19(16)17/h3-11,13,15H,12,14H2,1-2H3. The first kappa shape index (κ1) is 18.5. The largest absolute Gasteiger partial charge is 0.416 e. The zero-order valence-electron chi connectivity index (χ0n) is 15.8. The molecule has 4 rings (SSSR count). The number of aromatic nitrogens is 2. The van der Waals surface area contributed by atoms with Gasteiger partial charge in [-0.3, -0.25) is 0 Å². The number of imidazole rings is 1. The van der Waals surface area contributed by atoms with Crippen LogP contribution >= 0.6 is 0 Å². The highest BCUT2D eigenvalue weighted by molar-refractivity contribution is 5.86. The first-order chi connectivity index (χ1) is 13.3. The summed E-state index contributed by atoms with van der Waals surface area (Å²) in [6.45, 7) is 4.90. The number of alkyl halides is 3. The molecule has 3 aromatic carbocycles. The maximum absolute atomic E-state index is 13.1. The minimum absolute atomic E-state index is 0.353. The van der Waals surface area contributed by atoms with Crippen molar-refractivity contribution < 1.29 is 13.2 Å². The Bertz CT molecular complexity index is 1130. The van der Waals surface area contributed by atoms with E-state index in [4.69, 9.17) is 0 Å². The molecule has 4 aromatic rings. The number of hydrogen-bond acceptors (Lipinski definition) is 1. The SMILES string of the molecule is CC(C)Cn1c(Cc2cccc3ccccc23)nc2cc(C(F)(F)F)ccc21. The lowest BCUT2D eigenvalue weighted by atomic mass is 10.0. The average molecular weight is 382 g/mol. The van der Waals surface area contributed by atoms with Gasteiger partial charge in [-0.1, -0.05) is 56.3 Å². The predicted octanol–water partition coefficient (Wildman–Crippen LogP) is 6.46. The minimum atomic E-state index is -4.37. The predicted molar refractivity (Wildman–Crippen MR) is 106 cm³/mol. The molecule has 28 heavy (non-hydrogen) atoms. The molecule has 0 fully saturated rings. The fourth-order valence-electron chi connectivity index (χ4n) is 3.68. The zero-order valence-corrected chi connectivity index (χ0v) is 15.8. The van der Waals surface area contributed by atoms with Crippen LogP contribution in [0.1, 0.15) is 30.8 Å². The van der Waals surface area contributed by atoms with Gasteiger partial charge in [0.05, 0.1) is 16.6 Å². The molecule has 144 valence electrons. The van der Waals surface area contributed by atoms with Crippen molar-refractivity contribution in [1.29, 1.82) is 0 Å². The number of halogens is 3. The fraction of sp³-hybridized carbons (Fsp3) is 0.261. The van der Waals surface area contributed by atoms with Crippen LogP contribution in [0.25, 0.3) is 21.8 Å². The Hall–Kier alpha value is -2.82. The second-order valence-electron chi connectivity index (χ2n) is 7.55.